The number of carbonyl (C=O) groups is 2. The van der Waals surface area contributed by atoms with Crippen LogP contribution in [0.2, 0.25) is 0 Å². The van der Waals surface area contributed by atoms with Gasteiger partial charge < -0.3 is 10.2 Å². The molecule has 0 aromatic heterocycles. The van der Waals surface area contributed by atoms with Gasteiger partial charge in [0.15, 0.2) is 0 Å². The van der Waals surface area contributed by atoms with Crippen molar-refractivity contribution >= 4 is 18.0 Å². The Hall–Kier alpha value is -2.10. The molecule has 1 rings (SSSR count). The van der Waals surface area contributed by atoms with E-state index in [1.165, 1.54) is 19.3 Å². The lowest BCUT2D eigenvalue weighted by Gasteiger charge is -2.09. The van der Waals surface area contributed by atoms with Crippen LogP contribution in [0.4, 0.5) is 0 Å². The molecule has 27 heavy (non-hydrogen) atoms. The van der Waals surface area contributed by atoms with Crippen molar-refractivity contribution in [3.63, 3.8) is 0 Å². The SMILES string of the molecule is CC(C)C(=Cc1ccccc1)C(=O)O.CCCCCCC(CCC)C(=O)O. The second-order valence-corrected chi connectivity index (χ2v) is 7.14. The lowest BCUT2D eigenvalue weighted by Crippen LogP contribution is -2.13. The van der Waals surface area contributed by atoms with E-state index in [9.17, 15) is 9.59 Å². The predicted molar refractivity (Wildman–Crippen MR) is 112 cm³/mol. The molecule has 1 atom stereocenters. The highest BCUT2D eigenvalue weighted by Gasteiger charge is 2.15. The molecule has 1 unspecified atom stereocenters. The maximum atomic E-state index is 10.9. The van der Waals surface area contributed by atoms with E-state index >= 15 is 0 Å². The standard InChI is InChI=1S/C12H14O2.C11H22O2/c1-9(2)11(12(13)14)8-10-6-4-3-5-7-10;1-3-5-6-7-9-10(8-4-2)11(12)13/h3-9H,1-2H3,(H,13,14);10H,3-9H2,1-2H3,(H,12,13). The first-order chi connectivity index (χ1) is 12.8. The molecule has 0 radical (unpaired) electrons. The second kappa shape index (κ2) is 15.0. The number of hydrogen-bond acceptors (Lipinski definition) is 2. The molecule has 0 saturated heterocycles. The fourth-order valence-electron chi connectivity index (χ4n) is 2.76. The van der Waals surface area contributed by atoms with E-state index in [4.69, 9.17) is 10.2 Å². The van der Waals surface area contributed by atoms with Crippen LogP contribution >= 0.6 is 0 Å². The lowest BCUT2D eigenvalue weighted by molar-refractivity contribution is -0.142. The van der Waals surface area contributed by atoms with Crippen LogP contribution in [0.5, 0.6) is 0 Å². The fourth-order valence-corrected chi connectivity index (χ4v) is 2.76. The summed E-state index contributed by atoms with van der Waals surface area (Å²) in [7, 11) is 0. The summed E-state index contributed by atoms with van der Waals surface area (Å²) in [5.74, 6) is -1.52. The molecule has 2 N–H and O–H groups in total. The van der Waals surface area contributed by atoms with Gasteiger partial charge in [-0.3, -0.25) is 4.79 Å². The molecule has 1 aromatic rings. The number of hydrogen-bond donors (Lipinski definition) is 2. The van der Waals surface area contributed by atoms with Gasteiger partial charge in [0.25, 0.3) is 0 Å². The zero-order valence-corrected chi connectivity index (χ0v) is 17.3. The first-order valence-electron chi connectivity index (χ1n) is 10.1. The van der Waals surface area contributed by atoms with E-state index in [0.717, 1.165) is 31.2 Å². The zero-order valence-electron chi connectivity index (χ0n) is 17.3. The van der Waals surface area contributed by atoms with Crippen molar-refractivity contribution in [3.8, 4) is 0 Å². The van der Waals surface area contributed by atoms with Crippen molar-refractivity contribution in [1.82, 2.24) is 0 Å². The highest BCUT2D eigenvalue weighted by molar-refractivity contribution is 5.92. The topological polar surface area (TPSA) is 74.6 Å². The maximum absolute atomic E-state index is 10.9. The third kappa shape index (κ3) is 12.0. The molecule has 152 valence electrons. The van der Waals surface area contributed by atoms with Gasteiger partial charge in [-0.2, -0.15) is 0 Å². The van der Waals surface area contributed by atoms with Crippen LogP contribution in [0.3, 0.4) is 0 Å². The van der Waals surface area contributed by atoms with Crippen molar-refractivity contribution in [2.45, 2.75) is 72.6 Å². The molecule has 4 heteroatoms. The average molecular weight is 377 g/mol. The molecule has 1 aromatic carbocycles. The fraction of sp³-hybridized carbons (Fsp3) is 0.565. The van der Waals surface area contributed by atoms with Gasteiger partial charge in [0, 0.05) is 5.57 Å². The third-order valence-electron chi connectivity index (χ3n) is 4.38. The molecule has 0 amide bonds. The molecule has 0 spiro atoms. The van der Waals surface area contributed by atoms with Crippen LogP contribution < -0.4 is 0 Å². The maximum Gasteiger partial charge on any atom is 0.331 e. The number of rotatable bonds is 11. The van der Waals surface area contributed by atoms with Gasteiger partial charge in [-0.25, -0.2) is 4.79 Å². The summed E-state index contributed by atoms with van der Waals surface area (Å²) in [5, 5.41) is 17.8. The zero-order chi connectivity index (χ0) is 20.7. The number of carboxylic acids is 2. The normalized spacial score (nSPS) is 12.3. The molecule has 0 saturated carbocycles. The van der Waals surface area contributed by atoms with Gasteiger partial charge in [0.1, 0.15) is 0 Å². The van der Waals surface area contributed by atoms with E-state index in [1.807, 2.05) is 51.1 Å². The highest BCUT2D eigenvalue weighted by atomic mass is 16.4. The van der Waals surface area contributed by atoms with E-state index < -0.39 is 11.9 Å². The minimum atomic E-state index is -0.844. The van der Waals surface area contributed by atoms with Gasteiger partial charge >= 0.3 is 11.9 Å². The van der Waals surface area contributed by atoms with Crippen LogP contribution in [0.1, 0.15) is 78.2 Å². The van der Waals surface area contributed by atoms with Gasteiger partial charge in [0.05, 0.1) is 5.92 Å². The summed E-state index contributed by atoms with van der Waals surface area (Å²) in [6, 6.07) is 9.49. The van der Waals surface area contributed by atoms with Gasteiger partial charge in [-0.05, 0) is 30.4 Å². The molecule has 0 aliphatic rings. The second-order valence-electron chi connectivity index (χ2n) is 7.14. The number of carboxylic acid groups (broad SMARTS) is 2. The Balaban J connectivity index is 0.000000503. The first kappa shape index (κ1) is 24.9. The van der Waals surface area contributed by atoms with Crippen molar-refractivity contribution in [3.05, 3.63) is 41.5 Å². The molecule has 0 heterocycles. The van der Waals surface area contributed by atoms with E-state index in [2.05, 4.69) is 6.92 Å². The predicted octanol–water partition coefficient (Wildman–Crippen LogP) is 6.27. The minimum absolute atomic E-state index is 0.0349. The van der Waals surface area contributed by atoms with E-state index in [1.54, 1.807) is 6.08 Å². The van der Waals surface area contributed by atoms with Crippen LogP contribution in [0.15, 0.2) is 35.9 Å². The summed E-state index contributed by atoms with van der Waals surface area (Å²) in [4.78, 5) is 21.6. The largest absolute Gasteiger partial charge is 0.481 e. The molecule has 0 bridgehead atoms. The number of aliphatic carboxylic acids is 2. The Morgan fingerprint density at radius 1 is 0.926 bits per heavy atom. The summed E-state index contributed by atoms with van der Waals surface area (Å²) in [6.07, 6.45) is 9.10. The van der Waals surface area contributed by atoms with Crippen molar-refractivity contribution in [2.75, 3.05) is 0 Å². The highest BCUT2D eigenvalue weighted by Crippen LogP contribution is 2.16. The van der Waals surface area contributed by atoms with Crippen molar-refractivity contribution < 1.29 is 19.8 Å². The molecule has 4 nitrogen and oxygen atoms in total. The van der Waals surface area contributed by atoms with E-state index in [0.29, 0.717) is 5.57 Å². The molecular formula is C23H36O4. The van der Waals surface area contributed by atoms with Crippen LogP contribution in [-0.2, 0) is 9.59 Å². The van der Waals surface area contributed by atoms with E-state index in [-0.39, 0.29) is 11.8 Å². The van der Waals surface area contributed by atoms with Crippen LogP contribution in [0.25, 0.3) is 6.08 Å². The molecule has 0 aliphatic carbocycles. The Bertz CT molecular complexity index is 561. The van der Waals surface area contributed by atoms with Crippen LogP contribution in [0, 0.1) is 11.8 Å². The van der Waals surface area contributed by atoms with Crippen LogP contribution in [-0.4, -0.2) is 22.2 Å². The number of benzene rings is 1. The quantitative estimate of drug-likeness (QED) is 0.352. The third-order valence-corrected chi connectivity index (χ3v) is 4.38. The van der Waals surface area contributed by atoms with Crippen molar-refractivity contribution in [2.24, 2.45) is 11.8 Å². The number of unbranched alkanes of at least 4 members (excludes halogenated alkanes) is 3. The van der Waals surface area contributed by atoms with Gasteiger partial charge in [-0.15, -0.1) is 0 Å². The molecule has 0 aliphatic heterocycles. The lowest BCUT2D eigenvalue weighted by atomic mass is 9.96. The minimum Gasteiger partial charge on any atom is -0.481 e. The average Bonchev–Trinajstić information content (AvgIpc) is 2.63. The summed E-state index contributed by atoms with van der Waals surface area (Å²) in [5.41, 5.74) is 1.37. The Labute approximate surface area is 164 Å². The van der Waals surface area contributed by atoms with Gasteiger partial charge in [-0.1, -0.05) is 90.1 Å². The summed E-state index contributed by atoms with van der Waals surface area (Å²) >= 11 is 0. The monoisotopic (exact) mass is 376 g/mol. The Kier molecular flexibility index (Phi) is 13.8. The van der Waals surface area contributed by atoms with Gasteiger partial charge in [0.2, 0.25) is 0 Å². The summed E-state index contributed by atoms with van der Waals surface area (Å²) < 4.78 is 0. The Morgan fingerprint density at radius 2 is 1.56 bits per heavy atom. The first-order valence-corrected chi connectivity index (χ1v) is 10.1. The Morgan fingerprint density at radius 3 is 2.00 bits per heavy atom. The smallest absolute Gasteiger partial charge is 0.331 e. The van der Waals surface area contributed by atoms with Crippen molar-refractivity contribution in [1.29, 1.82) is 0 Å². The molecule has 0 fully saturated rings. The molecular weight excluding hydrogens is 340 g/mol. The summed E-state index contributed by atoms with van der Waals surface area (Å²) in [6.45, 7) is 7.97.